The number of Topliss-reactive ketones (excluding diaryl/α,β-unsaturated/α-hetero) is 1. The number of alkyl halides is 6. The Kier molecular flexibility index (Phi) is 5.29. The number of nitrogens with one attached hydrogen (secondary N) is 1. The zero-order valence-electron chi connectivity index (χ0n) is 13.2. The van der Waals surface area contributed by atoms with Crippen molar-refractivity contribution in [3.8, 4) is 6.07 Å². The number of ketones is 1. The van der Waals surface area contributed by atoms with Crippen LogP contribution in [-0.4, -0.2) is 32.3 Å². The molecular weight excluding hydrogens is 402 g/mol. The largest absolute Gasteiger partial charge is 0.416 e. The summed E-state index contributed by atoms with van der Waals surface area (Å²) in [4.78, 5) is 12.4. The van der Waals surface area contributed by atoms with Crippen LogP contribution >= 0.6 is 0 Å². The number of sulfone groups is 1. The summed E-state index contributed by atoms with van der Waals surface area (Å²) in [5.41, 5.74) is -5.67. The highest BCUT2D eigenvalue weighted by atomic mass is 32.2. The highest BCUT2D eigenvalue weighted by molar-refractivity contribution is 7.91. The van der Waals surface area contributed by atoms with E-state index in [1.54, 1.807) is 0 Å². The average Bonchev–Trinajstić information content (AvgIpc) is 2.52. The van der Waals surface area contributed by atoms with Crippen molar-refractivity contribution < 1.29 is 39.6 Å². The zero-order chi connectivity index (χ0) is 20.6. The molecule has 0 bridgehead atoms. The van der Waals surface area contributed by atoms with Gasteiger partial charge < -0.3 is 5.32 Å². The number of nitrogens with zero attached hydrogens (tertiary/aromatic N) is 1. The van der Waals surface area contributed by atoms with Crippen molar-refractivity contribution in [2.75, 3.05) is 18.1 Å². The Labute approximate surface area is 149 Å². The number of carbonyl (C=O) groups excluding carboxylic acids is 1. The fraction of sp³-hybridized carbons (Fsp3) is 0.333. The van der Waals surface area contributed by atoms with Crippen LogP contribution in [0, 0.1) is 11.3 Å². The summed E-state index contributed by atoms with van der Waals surface area (Å²) in [5.74, 6) is -2.47. The molecule has 1 aromatic carbocycles. The number of rotatable bonds is 2. The molecule has 0 amide bonds. The standard InChI is InChI=1S/C15H10F6N2O3S/c16-14(17,18)9-3-8(4-10(5-9)15(19,20)21)13(24)11(6-22)12-7-27(25,26)2-1-23-12/h3-5,23H,1-2,7H2. The topological polar surface area (TPSA) is 87.0 Å². The van der Waals surface area contributed by atoms with Crippen LogP contribution in [0.15, 0.2) is 29.5 Å². The van der Waals surface area contributed by atoms with Gasteiger partial charge in [-0.25, -0.2) is 8.42 Å². The minimum atomic E-state index is -5.16. The molecule has 0 aliphatic carbocycles. The van der Waals surface area contributed by atoms with E-state index in [-0.39, 0.29) is 36.2 Å². The van der Waals surface area contributed by atoms with E-state index in [1.165, 1.54) is 6.07 Å². The third-order valence-electron chi connectivity index (χ3n) is 3.61. The van der Waals surface area contributed by atoms with E-state index in [0.29, 0.717) is 0 Å². The maximum atomic E-state index is 12.9. The van der Waals surface area contributed by atoms with Crippen molar-refractivity contribution in [1.82, 2.24) is 5.32 Å². The molecule has 0 saturated carbocycles. The van der Waals surface area contributed by atoms with Gasteiger partial charge in [-0.15, -0.1) is 0 Å². The van der Waals surface area contributed by atoms with Crippen LogP contribution in [0.25, 0.3) is 0 Å². The van der Waals surface area contributed by atoms with E-state index in [9.17, 15) is 39.6 Å². The fourth-order valence-electron chi connectivity index (χ4n) is 2.35. The third kappa shape index (κ3) is 4.79. The van der Waals surface area contributed by atoms with E-state index in [2.05, 4.69) is 5.32 Å². The second-order valence-corrected chi connectivity index (χ2v) is 7.79. The Morgan fingerprint density at radius 3 is 1.96 bits per heavy atom. The molecule has 0 unspecified atom stereocenters. The first-order chi connectivity index (χ1) is 12.2. The molecule has 1 saturated heterocycles. The lowest BCUT2D eigenvalue weighted by Gasteiger charge is -2.19. The van der Waals surface area contributed by atoms with Crippen LogP contribution in [0.4, 0.5) is 26.3 Å². The molecule has 0 aromatic heterocycles. The van der Waals surface area contributed by atoms with Gasteiger partial charge in [0.05, 0.1) is 22.6 Å². The quantitative estimate of drug-likeness (QED) is 0.349. The molecule has 1 fully saturated rings. The van der Waals surface area contributed by atoms with Crippen molar-refractivity contribution >= 4 is 15.6 Å². The van der Waals surface area contributed by atoms with Gasteiger partial charge in [-0.2, -0.15) is 31.6 Å². The fourth-order valence-corrected chi connectivity index (χ4v) is 3.59. The molecule has 1 N–H and O–H groups in total. The van der Waals surface area contributed by atoms with Crippen molar-refractivity contribution in [3.05, 3.63) is 46.2 Å². The summed E-state index contributed by atoms with van der Waals surface area (Å²) in [6.07, 6.45) is -10.3. The Morgan fingerprint density at radius 1 is 1.04 bits per heavy atom. The molecule has 1 aliphatic heterocycles. The number of allylic oxidation sites excluding steroid dienone is 1. The summed E-state index contributed by atoms with van der Waals surface area (Å²) >= 11 is 0. The minimum absolute atomic E-state index is 0.146. The zero-order valence-corrected chi connectivity index (χ0v) is 14.0. The van der Waals surface area contributed by atoms with Crippen molar-refractivity contribution in [2.45, 2.75) is 12.4 Å². The summed E-state index contributed by atoms with van der Waals surface area (Å²) < 4.78 is 101. The maximum absolute atomic E-state index is 12.9. The molecular formula is C15H10F6N2O3S. The van der Waals surface area contributed by atoms with Crippen LogP contribution < -0.4 is 5.32 Å². The average molecular weight is 412 g/mol. The van der Waals surface area contributed by atoms with Crippen molar-refractivity contribution in [3.63, 3.8) is 0 Å². The number of nitriles is 1. The Bertz CT molecular complexity index is 923. The Balaban J connectivity index is 2.62. The van der Waals surface area contributed by atoms with E-state index in [0.717, 1.165) is 0 Å². The molecule has 2 rings (SSSR count). The van der Waals surface area contributed by atoms with Crippen LogP contribution in [0.5, 0.6) is 0 Å². The van der Waals surface area contributed by atoms with Gasteiger partial charge in [-0.05, 0) is 18.2 Å². The SMILES string of the molecule is N#CC(C(=O)c1cc(C(F)(F)F)cc(C(F)(F)F)c1)=C1CS(=O)(=O)CCN1. The summed E-state index contributed by atoms with van der Waals surface area (Å²) in [6, 6.07) is 1.59. The number of hydrogen-bond acceptors (Lipinski definition) is 5. The van der Waals surface area contributed by atoms with Gasteiger partial charge >= 0.3 is 12.4 Å². The molecule has 27 heavy (non-hydrogen) atoms. The molecule has 0 spiro atoms. The predicted octanol–water partition coefficient (Wildman–Crippen LogP) is 2.70. The number of hydrogen-bond donors (Lipinski definition) is 1. The lowest BCUT2D eigenvalue weighted by molar-refractivity contribution is -0.143. The van der Waals surface area contributed by atoms with Gasteiger partial charge in [0, 0.05) is 17.8 Å². The van der Waals surface area contributed by atoms with Gasteiger partial charge in [0.25, 0.3) is 0 Å². The first-order valence-electron chi connectivity index (χ1n) is 7.16. The van der Waals surface area contributed by atoms with E-state index in [1.807, 2.05) is 0 Å². The van der Waals surface area contributed by atoms with Gasteiger partial charge in [-0.1, -0.05) is 0 Å². The highest BCUT2D eigenvalue weighted by Crippen LogP contribution is 2.36. The smallest absolute Gasteiger partial charge is 0.385 e. The van der Waals surface area contributed by atoms with Crippen molar-refractivity contribution in [2.24, 2.45) is 0 Å². The van der Waals surface area contributed by atoms with Gasteiger partial charge in [0.2, 0.25) is 5.78 Å². The number of halogens is 6. The van der Waals surface area contributed by atoms with Crippen LogP contribution in [-0.2, 0) is 22.2 Å². The lowest BCUT2D eigenvalue weighted by atomic mass is 9.97. The number of benzene rings is 1. The van der Waals surface area contributed by atoms with E-state index >= 15 is 0 Å². The molecule has 0 radical (unpaired) electrons. The molecule has 1 heterocycles. The normalized spacial score (nSPS) is 19.0. The van der Waals surface area contributed by atoms with Gasteiger partial charge in [-0.3, -0.25) is 4.79 Å². The molecule has 1 aromatic rings. The maximum Gasteiger partial charge on any atom is 0.416 e. The Morgan fingerprint density at radius 2 is 1.56 bits per heavy atom. The second-order valence-electron chi connectivity index (χ2n) is 5.61. The molecule has 146 valence electrons. The lowest BCUT2D eigenvalue weighted by Crippen LogP contribution is -2.36. The molecule has 1 aliphatic rings. The monoisotopic (exact) mass is 412 g/mol. The summed E-state index contributed by atoms with van der Waals surface area (Å²) in [7, 11) is -3.65. The molecule has 5 nitrogen and oxygen atoms in total. The molecule has 0 atom stereocenters. The summed E-state index contributed by atoms with van der Waals surface area (Å²) in [6.45, 7) is -0.146. The second kappa shape index (κ2) is 6.88. The van der Waals surface area contributed by atoms with Crippen LogP contribution in [0.3, 0.4) is 0 Å². The van der Waals surface area contributed by atoms with Crippen molar-refractivity contribution in [1.29, 1.82) is 5.26 Å². The third-order valence-corrected chi connectivity index (χ3v) is 5.16. The van der Waals surface area contributed by atoms with Gasteiger partial charge in [0.15, 0.2) is 9.84 Å². The van der Waals surface area contributed by atoms with Crippen LogP contribution in [0.2, 0.25) is 0 Å². The highest BCUT2D eigenvalue weighted by Gasteiger charge is 2.38. The Hall–Kier alpha value is -2.55. The van der Waals surface area contributed by atoms with Crippen LogP contribution in [0.1, 0.15) is 21.5 Å². The first-order valence-corrected chi connectivity index (χ1v) is 8.98. The predicted molar refractivity (Wildman–Crippen MR) is 80.1 cm³/mol. The minimum Gasteiger partial charge on any atom is -0.385 e. The van der Waals surface area contributed by atoms with E-state index < -0.39 is 56.0 Å². The number of carbonyl (C=O) groups is 1. The van der Waals surface area contributed by atoms with E-state index in [4.69, 9.17) is 5.26 Å². The van der Waals surface area contributed by atoms with Gasteiger partial charge in [0.1, 0.15) is 11.6 Å². The summed E-state index contributed by atoms with van der Waals surface area (Å²) in [5, 5.41) is 11.6. The molecule has 12 heteroatoms. The first kappa shape index (κ1) is 20.8.